The third-order valence-electron chi connectivity index (χ3n) is 2.27. The lowest BCUT2D eigenvalue weighted by molar-refractivity contribution is -0.112. The van der Waals surface area contributed by atoms with E-state index in [0.29, 0.717) is 6.42 Å². The number of carbonyl (C=O) groups is 1. The van der Waals surface area contributed by atoms with Crippen LogP contribution >= 0.6 is 0 Å². The minimum Gasteiger partial charge on any atom is -0.389 e. The molecule has 0 spiro atoms. The van der Waals surface area contributed by atoms with Gasteiger partial charge in [-0.2, -0.15) is 0 Å². The van der Waals surface area contributed by atoms with Crippen molar-refractivity contribution in [1.82, 2.24) is 0 Å². The van der Waals surface area contributed by atoms with Crippen molar-refractivity contribution in [3.05, 3.63) is 12.2 Å². The molecule has 2 nitrogen and oxygen atoms in total. The summed E-state index contributed by atoms with van der Waals surface area (Å²) in [5, 5.41) is 9.53. The zero-order valence-electron chi connectivity index (χ0n) is 9.00. The van der Waals surface area contributed by atoms with Gasteiger partial charge in [0.05, 0.1) is 6.10 Å². The second kappa shape index (κ2) is 5.18. The molecule has 0 heterocycles. The molecule has 0 fully saturated rings. The Balaban J connectivity index is 4.00. The van der Waals surface area contributed by atoms with Crippen LogP contribution in [0.3, 0.4) is 0 Å². The molecule has 1 N–H and O–H groups in total. The summed E-state index contributed by atoms with van der Waals surface area (Å²) in [5.41, 5.74) is 0.139. The van der Waals surface area contributed by atoms with Gasteiger partial charge in [-0.05, 0) is 24.8 Å². The Bertz CT molecular complexity index is 192. The van der Waals surface area contributed by atoms with Gasteiger partial charge in [0.1, 0.15) is 0 Å². The summed E-state index contributed by atoms with van der Waals surface area (Å²) in [4.78, 5) is 10.6. The van der Waals surface area contributed by atoms with Crippen LogP contribution < -0.4 is 0 Å². The van der Waals surface area contributed by atoms with E-state index in [1.807, 2.05) is 0 Å². The summed E-state index contributed by atoms with van der Waals surface area (Å²) in [7, 11) is 0. The average Bonchev–Trinajstić information content (AvgIpc) is 2.00. The molecule has 0 aliphatic carbocycles. The maximum atomic E-state index is 10.6. The van der Waals surface area contributed by atoms with E-state index in [2.05, 4.69) is 20.8 Å². The minimum absolute atomic E-state index is 0.0200. The molecule has 0 saturated carbocycles. The van der Waals surface area contributed by atoms with Crippen molar-refractivity contribution in [3.8, 4) is 0 Å². The lowest BCUT2D eigenvalue weighted by Gasteiger charge is -2.24. The summed E-state index contributed by atoms with van der Waals surface area (Å²) < 4.78 is 0. The van der Waals surface area contributed by atoms with Gasteiger partial charge in [0.15, 0.2) is 5.78 Å². The summed E-state index contributed by atoms with van der Waals surface area (Å²) >= 11 is 0. The van der Waals surface area contributed by atoms with E-state index >= 15 is 0 Å². The van der Waals surface area contributed by atoms with Crippen molar-refractivity contribution in [3.63, 3.8) is 0 Å². The Labute approximate surface area is 80.7 Å². The lowest BCUT2D eigenvalue weighted by Crippen LogP contribution is -2.18. The Morgan fingerprint density at radius 3 is 2.46 bits per heavy atom. The van der Waals surface area contributed by atoms with Crippen molar-refractivity contribution in [1.29, 1.82) is 0 Å². The van der Waals surface area contributed by atoms with Gasteiger partial charge in [0, 0.05) is 0 Å². The van der Waals surface area contributed by atoms with Crippen LogP contribution in [0.5, 0.6) is 0 Å². The molecule has 0 saturated heterocycles. The maximum Gasteiger partial charge on any atom is 0.152 e. The highest BCUT2D eigenvalue weighted by Crippen LogP contribution is 2.26. The van der Waals surface area contributed by atoms with E-state index in [9.17, 15) is 9.90 Å². The normalized spacial score (nSPS) is 14.8. The van der Waals surface area contributed by atoms with Crippen molar-refractivity contribution in [2.75, 3.05) is 0 Å². The minimum atomic E-state index is -0.501. The molecule has 0 rings (SSSR count). The lowest BCUT2D eigenvalue weighted by atomic mass is 9.84. The molecule has 0 aromatic carbocycles. The summed E-state index contributed by atoms with van der Waals surface area (Å²) in [6.07, 6.45) is 4.22. The molecule has 0 aliphatic heterocycles. The molecule has 0 aromatic rings. The molecular formula is C11H20O2. The number of aliphatic hydroxyl groups is 1. The van der Waals surface area contributed by atoms with E-state index in [1.165, 1.54) is 13.0 Å². The quantitative estimate of drug-likeness (QED) is 0.666. The van der Waals surface area contributed by atoms with E-state index < -0.39 is 6.10 Å². The topological polar surface area (TPSA) is 37.3 Å². The Kier molecular flexibility index (Phi) is 4.92. The average molecular weight is 184 g/mol. The van der Waals surface area contributed by atoms with Crippen molar-refractivity contribution in [2.45, 2.75) is 46.6 Å². The van der Waals surface area contributed by atoms with E-state index in [-0.39, 0.29) is 11.2 Å². The molecule has 13 heavy (non-hydrogen) atoms. The van der Waals surface area contributed by atoms with Crippen molar-refractivity contribution >= 4 is 5.78 Å². The first-order chi connectivity index (χ1) is 5.87. The molecule has 1 atom stereocenters. The van der Waals surface area contributed by atoms with E-state index in [0.717, 1.165) is 6.42 Å². The molecule has 0 bridgehead atoms. The number of allylic oxidation sites excluding steroid dienone is 1. The fourth-order valence-electron chi connectivity index (χ4n) is 1.03. The second-order valence-corrected chi connectivity index (χ2v) is 4.26. The van der Waals surface area contributed by atoms with Gasteiger partial charge in [0.25, 0.3) is 0 Å². The molecule has 0 radical (unpaired) electrons. The van der Waals surface area contributed by atoms with E-state index in [4.69, 9.17) is 0 Å². The molecule has 76 valence electrons. The van der Waals surface area contributed by atoms with Gasteiger partial charge in [-0.3, -0.25) is 4.79 Å². The first-order valence-corrected chi connectivity index (χ1v) is 4.74. The highest BCUT2D eigenvalue weighted by molar-refractivity contribution is 5.87. The zero-order chi connectivity index (χ0) is 10.5. The number of hydrogen-bond acceptors (Lipinski definition) is 2. The first-order valence-electron chi connectivity index (χ1n) is 4.74. The Morgan fingerprint density at radius 1 is 1.54 bits per heavy atom. The first kappa shape index (κ1) is 12.4. The maximum absolute atomic E-state index is 10.6. The van der Waals surface area contributed by atoms with Crippen LogP contribution in [0.1, 0.15) is 40.5 Å². The van der Waals surface area contributed by atoms with Crippen LogP contribution in [0, 0.1) is 5.41 Å². The largest absolute Gasteiger partial charge is 0.389 e. The molecule has 0 aromatic heterocycles. The van der Waals surface area contributed by atoms with Crippen LogP contribution in [0.4, 0.5) is 0 Å². The number of ketones is 1. The second-order valence-electron chi connectivity index (χ2n) is 4.26. The van der Waals surface area contributed by atoms with Crippen LogP contribution in [0.2, 0.25) is 0 Å². The van der Waals surface area contributed by atoms with Crippen LogP contribution in [0.15, 0.2) is 12.2 Å². The molecule has 0 aliphatic rings. The summed E-state index contributed by atoms with van der Waals surface area (Å²) in [6, 6.07) is 0. The molecule has 0 amide bonds. The SMILES string of the molecule is CCC(C)(C)CC(O)/C=C/C(C)=O. The van der Waals surface area contributed by atoms with E-state index in [1.54, 1.807) is 6.08 Å². The fourth-order valence-corrected chi connectivity index (χ4v) is 1.03. The smallest absolute Gasteiger partial charge is 0.152 e. The van der Waals surface area contributed by atoms with Crippen molar-refractivity contribution in [2.24, 2.45) is 5.41 Å². The standard InChI is InChI=1S/C11H20O2/c1-5-11(3,4)8-10(13)7-6-9(2)12/h6-7,10,13H,5,8H2,1-4H3/b7-6+. The highest BCUT2D eigenvalue weighted by atomic mass is 16.3. The number of rotatable bonds is 5. The third-order valence-corrected chi connectivity index (χ3v) is 2.27. The fraction of sp³-hybridized carbons (Fsp3) is 0.727. The molecular weight excluding hydrogens is 164 g/mol. The Morgan fingerprint density at radius 2 is 2.08 bits per heavy atom. The van der Waals surface area contributed by atoms with Gasteiger partial charge >= 0.3 is 0 Å². The zero-order valence-corrected chi connectivity index (χ0v) is 9.00. The predicted molar refractivity (Wildman–Crippen MR) is 54.5 cm³/mol. The molecule has 1 unspecified atom stereocenters. The summed E-state index contributed by atoms with van der Waals surface area (Å²) in [6.45, 7) is 7.80. The number of aliphatic hydroxyl groups excluding tert-OH is 1. The predicted octanol–water partition coefficient (Wildman–Crippen LogP) is 2.32. The van der Waals surface area contributed by atoms with Gasteiger partial charge in [-0.15, -0.1) is 0 Å². The van der Waals surface area contributed by atoms with Gasteiger partial charge < -0.3 is 5.11 Å². The Hall–Kier alpha value is -0.630. The van der Waals surface area contributed by atoms with Gasteiger partial charge in [-0.25, -0.2) is 0 Å². The number of carbonyl (C=O) groups excluding carboxylic acids is 1. The van der Waals surface area contributed by atoms with Crippen LogP contribution in [-0.4, -0.2) is 17.0 Å². The van der Waals surface area contributed by atoms with Crippen LogP contribution in [-0.2, 0) is 4.79 Å². The van der Waals surface area contributed by atoms with Crippen LogP contribution in [0.25, 0.3) is 0 Å². The third kappa shape index (κ3) is 6.52. The highest BCUT2D eigenvalue weighted by Gasteiger charge is 2.18. The monoisotopic (exact) mass is 184 g/mol. The number of hydrogen-bond donors (Lipinski definition) is 1. The van der Waals surface area contributed by atoms with Gasteiger partial charge in [0.2, 0.25) is 0 Å². The van der Waals surface area contributed by atoms with Gasteiger partial charge in [-0.1, -0.05) is 33.3 Å². The van der Waals surface area contributed by atoms with Crippen molar-refractivity contribution < 1.29 is 9.90 Å². The summed E-state index contributed by atoms with van der Waals surface area (Å²) in [5.74, 6) is -0.0200. The molecule has 2 heteroatoms.